The summed E-state index contributed by atoms with van der Waals surface area (Å²) in [7, 11) is 2.46. The normalized spacial score (nSPS) is 48.7. The van der Waals surface area contributed by atoms with E-state index in [2.05, 4.69) is 25.8 Å². The van der Waals surface area contributed by atoms with E-state index in [-0.39, 0.29) is 40.6 Å². The van der Waals surface area contributed by atoms with Gasteiger partial charge in [0.2, 0.25) is 0 Å². The van der Waals surface area contributed by atoms with Crippen molar-refractivity contribution in [3.05, 3.63) is 0 Å². The molecule has 4 aliphatic carbocycles. The Morgan fingerprint density at radius 2 is 1.61 bits per heavy atom. The first-order valence-electron chi connectivity index (χ1n) is 16.1. The van der Waals surface area contributed by atoms with Gasteiger partial charge in [0.05, 0.1) is 20.1 Å². The zero-order chi connectivity index (χ0) is 26.0. The molecule has 4 saturated carbocycles. The summed E-state index contributed by atoms with van der Waals surface area (Å²) >= 11 is 0. The lowest BCUT2D eigenvalue weighted by Gasteiger charge is -2.62. The molecule has 0 spiro atoms. The first-order valence-corrected chi connectivity index (χ1v) is 16.1. The van der Waals surface area contributed by atoms with Gasteiger partial charge in [-0.05, 0) is 113 Å². The van der Waals surface area contributed by atoms with E-state index in [9.17, 15) is 9.90 Å². The number of likely N-dealkylation sites (tertiary alicyclic amines) is 2. The van der Waals surface area contributed by atoms with Gasteiger partial charge in [0.1, 0.15) is 18.2 Å². The van der Waals surface area contributed by atoms with Gasteiger partial charge in [-0.15, -0.1) is 0 Å². The molecule has 2 heterocycles. The third kappa shape index (κ3) is 4.73. The Bertz CT molecular complexity index is 858. The highest BCUT2D eigenvalue weighted by Gasteiger charge is 2.66. The molecule has 0 radical (unpaired) electrons. The lowest BCUT2D eigenvalue weighted by atomic mass is 9.44. The number of carbonyl (C=O) groups excluding carboxylic acids is 1. The number of fused-ring (bicyclic) bond motifs is 5. The van der Waals surface area contributed by atoms with Crippen LogP contribution in [0.3, 0.4) is 0 Å². The van der Waals surface area contributed by atoms with Gasteiger partial charge in [0.15, 0.2) is 0 Å². The maximum Gasteiger partial charge on any atom is 0.302 e. The Balaban J connectivity index is 0.00000294. The number of esters is 1. The fourth-order valence-electron chi connectivity index (χ4n) is 11.4. The molecule has 2 aliphatic heterocycles. The molecule has 6 rings (SSSR count). The lowest BCUT2D eigenvalue weighted by molar-refractivity contribution is -0.940. The van der Waals surface area contributed by atoms with Gasteiger partial charge >= 0.3 is 5.97 Å². The number of aliphatic hydroxyl groups is 1. The fraction of sp³-hybridized carbons (Fsp3) is 0.969. The van der Waals surface area contributed by atoms with Gasteiger partial charge in [-0.1, -0.05) is 20.3 Å². The van der Waals surface area contributed by atoms with Crippen molar-refractivity contribution in [2.24, 2.45) is 34.5 Å². The van der Waals surface area contributed by atoms with Gasteiger partial charge in [0.25, 0.3) is 0 Å². The third-order valence-electron chi connectivity index (χ3n) is 13.4. The monoisotopic (exact) mass is 594 g/mol. The smallest absolute Gasteiger partial charge is 0.302 e. The molecule has 0 amide bonds. The van der Waals surface area contributed by atoms with E-state index in [0.717, 1.165) is 22.7 Å². The number of nitrogens with zero attached hydrogens (tertiary/aromatic N) is 2. The number of quaternary nitrogens is 1. The highest BCUT2D eigenvalue weighted by atomic mass is 79.9. The van der Waals surface area contributed by atoms with Crippen LogP contribution >= 0.6 is 0 Å². The van der Waals surface area contributed by atoms with Gasteiger partial charge < -0.3 is 31.3 Å². The summed E-state index contributed by atoms with van der Waals surface area (Å²) in [6, 6.07) is 0.817. The van der Waals surface area contributed by atoms with Crippen LogP contribution in [0.4, 0.5) is 0 Å². The average molecular weight is 596 g/mol. The van der Waals surface area contributed by atoms with Crippen LogP contribution < -0.4 is 17.0 Å². The Labute approximate surface area is 242 Å². The molecular formula is C32H55BrN2O3. The first kappa shape index (κ1) is 29.3. The van der Waals surface area contributed by atoms with Crippen LogP contribution in [0.5, 0.6) is 0 Å². The van der Waals surface area contributed by atoms with Crippen molar-refractivity contribution in [1.29, 1.82) is 0 Å². The van der Waals surface area contributed by atoms with Crippen LogP contribution in [0, 0.1) is 34.5 Å². The maximum atomic E-state index is 12.1. The average Bonchev–Trinajstić information content (AvgIpc) is 3.16. The zero-order valence-corrected chi connectivity index (χ0v) is 26.3. The van der Waals surface area contributed by atoms with Crippen LogP contribution in [0.15, 0.2) is 0 Å². The molecule has 1 N–H and O–H groups in total. The van der Waals surface area contributed by atoms with Gasteiger partial charge in [-0.2, -0.15) is 0 Å². The summed E-state index contributed by atoms with van der Waals surface area (Å²) in [5.74, 6) is 2.74. The molecule has 0 aromatic carbocycles. The second kappa shape index (κ2) is 10.9. The summed E-state index contributed by atoms with van der Waals surface area (Å²) in [6.07, 6.45) is 16.4. The van der Waals surface area contributed by atoms with Crippen LogP contribution in [0.25, 0.3) is 0 Å². The molecule has 0 aromatic heterocycles. The number of ether oxygens (including phenoxy) is 1. The van der Waals surface area contributed by atoms with E-state index in [1.165, 1.54) is 103 Å². The number of halogens is 1. The molecule has 10 atom stereocenters. The Hall–Kier alpha value is -0.170. The number of hydrogen-bond acceptors (Lipinski definition) is 4. The van der Waals surface area contributed by atoms with E-state index in [0.29, 0.717) is 29.3 Å². The minimum atomic E-state index is -0.145. The van der Waals surface area contributed by atoms with Crippen LogP contribution in [-0.4, -0.2) is 78.0 Å². The van der Waals surface area contributed by atoms with Crippen LogP contribution in [-0.2, 0) is 9.53 Å². The second-order valence-electron chi connectivity index (χ2n) is 15.2. The zero-order valence-electron chi connectivity index (χ0n) is 24.7. The molecule has 218 valence electrons. The van der Waals surface area contributed by atoms with Gasteiger partial charge in [-0.3, -0.25) is 9.69 Å². The molecule has 6 fully saturated rings. The number of likely N-dealkylation sites (N-methyl/N-ethyl adjacent to an activating group) is 1. The number of rotatable bonds is 3. The van der Waals surface area contributed by atoms with Crippen molar-refractivity contribution >= 4 is 5.97 Å². The van der Waals surface area contributed by atoms with Gasteiger partial charge in [-0.25, -0.2) is 0 Å². The molecule has 0 aromatic rings. The predicted molar refractivity (Wildman–Crippen MR) is 147 cm³/mol. The largest absolute Gasteiger partial charge is 1.00 e. The summed E-state index contributed by atoms with van der Waals surface area (Å²) < 4.78 is 7.18. The van der Waals surface area contributed by atoms with Crippen LogP contribution in [0.2, 0.25) is 0 Å². The highest BCUT2D eigenvalue weighted by Crippen LogP contribution is 2.67. The van der Waals surface area contributed by atoms with E-state index in [1.54, 1.807) is 6.92 Å². The molecule has 0 bridgehead atoms. The van der Waals surface area contributed by atoms with E-state index in [1.807, 2.05) is 0 Å². The highest BCUT2D eigenvalue weighted by molar-refractivity contribution is 5.66. The minimum Gasteiger partial charge on any atom is -1.00 e. The molecule has 10 unspecified atom stereocenters. The van der Waals surface area contributed by atoms with E-state index in [4.69, 9.17) is 4.74 Å². The SMILES string of the molecule is CC(=O)OC1CC2CCC3C(CCC4(C)C(O)C([N+]5(C)CCCCC5)CC34)C2(C)CC1N1CCCCC1.[Br-]. The number of aliphatic hydroxyl groups excluding tert-OH is 1. The third-order valence-corrected chi connectivity index (χ3v) is 13.4. The van der Waals surface area contributed by atoms with Gasteiger partial charge in [0, 0.05) is 24.8 Å². The maximum absolute atomic E-state index is 12.1. The topological polar surface area (TPSA) is 49.8 Å². The van der Waals surface area contributed by atoms with Crippen LogP contribution in [0.1, 0.15) is 104 Å². The number of carbonyl (C=O) groups is 1. The van der Waals surface area contributed by atoms with Crippen molar-refractivity contribution in [1.82, 2.24) is 4.90 Å². The molecule has 6 aliphatic rings. The van der Waals surface area contributed by atoms with E-state index < -0.39 is 0 Å². The summed E-state index contributed by atoms with van der Waals surface area (Å²) in [4.78, 5) is 14.8. The first-order chi connectivity index (χ1) is 17.7. The lowest BCUT2D eigenvalue weighted by Crippen LogP contribution is -3.00. The molecule has 2 saturated heterocycles. The Kier molecular flexibility index (Phi) is 8.42. The summed E-state index contributed by atoms with van der Waals surface area (Å²) in [5.41, 5.74) is 0.421. The van der Waals surface area contributed by atoms with E-state index >= 15 is 0 Å². The molecule has 38 heavy (non-hydrogen) atoms. The Morgan fingerprint density at radius 3 is 2.29 bits per heavy atom. The summed E-state index contributed by atoms with van der Waals surface area (Å²) in [6.45, 7) is 11.6. The van der Waals surface area contributed by atoms with Crippen molar-refractivity contribution < 1.29 is 36.1 Å². The quantitative estimate of drug-likeness (QED) is 0.403. The predicted octanol–water partition coefficient (Wildman–Crippen LogP) is 2.40. The molecule has 5 nitrogen and oxygen atoms in total. The van der Waals surface area contributed by atoms with Crippen molar-refractivity contribution in [2.45, 2.75) is 129 Å². The Morgan fingerprint density at radius 1 is 0.921 bits per heavy atom. The van der Waals surface area contributed by atoms with Crippen molar-refractivity contribution in [2.75, 3.05) is 33.2 Å². The number of hydrogen-bond donors (Lipinski definition) is 1. The van der Waals surface area contributed by atoms with Crippen molar-refractivity contribution in [3.8, 4) is 0 Å². The standard InChI is InChI=1S/C32H55N2O3.BrH/c1-22(35)37-29-19-23-11-12-24-25(32(23,3)21-27(29)33-15-7-5-8-16-33)13-14-31(2)26(24)20-28(30(31)36)34(4)17-9-6-10-18-34;/h23-30,36H,5-21H2,1-4H3;1H/q+1;/p-1. The minimum absolute atomic E-state index is 0. The second-order valence-corrected chi connectivity index (χ2v) is 15.2. The number of piperidine rings is 2. The summed E-state index contributed by atoms with van der Waals surface area (Å²) in [5, 5.41) is 11.9. The molecule has 6 heteroatoms. The fourth-order valence-corrected chi connectivity index (χ4v) is 11.4. The molecular weight excluding hydrogens is 540 g/mol. The van der Waals surface area contributed by atoms with Crippen molar-refractivity contribution in [3.63, 3.8) is 0 Å².